The van der Waals surface area contributed by atoms with Crippen molar-refractivity contribution in [3.05, 3.63) is 48.6 Å². The van der Waals surface area contributed by atoms with Crippen molar-refractivity contribution in [1.29, 1.82) is 0 Å². The van der Waals surface area contributed by atoms with E-state index in [-0.39, 0.29) is 22.9 Å². The number of ether oxygens (including phenoxy) is 1. The van der Waals surface area contributed by atoms with E-state index in [0.717, 1.165) is 44.9 Å². The molecule has 1 N–H and O–H groups in total. The van der Waals surface area contributed by atoms with Gasteiger partial charge in [0.25, 0.3) is 0 Å². The van der Waals surface area contributed by atoms with Crippen molar-refractivity contribution in [2.45, 2.75) is 183 Å². The van der Waals surface area contributed by atoms with Gasteiger partial charge in [-0.15, -0.1) is 0 Å². The Bertz CT molecular complexity index is 1270. The van der Waals surface area contributed by atoms with Gasteiger partial charge in [-0.2, -0.15) is 0 Å². The highest BCUT2D eigenvalue weighted by molar-refractivity contribution is 5.69. The lowest BCUT2D eigenvalue weighted by Gasteiger charge is -2.73. The maximum Gasteiger partial charge on any atom is 0.305 e. The molecule has 5 aliphatic rings. The van der Waals surface area contributed by atoms with Crippen LogP contribution in [0.3, 0.4) is 0 Å². The van der Waals surface area contributed by atoms with Gasteiger partial charge in [0, 0.05) is 11.8 Å². The number of allylic oxidation sites excluding steroid dienone is 7. The summed E-state index contributed by atoms with van der Waals surface area (Å²) >= 11 is 0. The fourth-order valence-electron chi connectivity index (χ4n) is 13.7. The first kappa shape index (κ1) is 40.6. The molecule has 0 saturated heterocycles. The summed E-state index contributed by atoms with van der Waals surface area (Å²) < 4.78 is 6.29. The van der Waals surface area contributed by atoms with Crippen molar-refractivity contribution in [1.82, 2.24) is 0 Å². The summed E-state index contributed by atoms with van der Waals surface area (Å²) in [7, 11) is 0. The minimum absolute atomic E-state index is 0.00503. The highest BCUT2D eigenvalue weighted by atomic mass is 16.5. The minimum atomic E-state index is -0.173. The minimum Gasteiger partial charge on any atom is -0.465 e. The molecule has 0 radical (unpaired) electrons. The molecule has 0 aromatic heterocycles. The normalized spacial score (nSPS) is 40.2. The van der Waals surface area contributed by atoms with Crippen LogP contribution >= 0.6 is 0 Å². The van der Waals surface area contributed by atoms with Gasteiger partial charge >= 0.3 is 5.97 Å². The molecule has 0 bridgehead atoms. The Balaban J connectivity index is 1.12. The molecule has 5 fully saturated rings. The van der Waals surface area contributed by atoms with Crippen molar-refractivity contribution in [3.63, 3.8) is 0 Å². The highest BCUT2D eigenvalue weighted by Gasteiger charge is 2.71. The molecule has 51 heavy (non-hydrogen) atoms. The lowest BCUT2D eigenvalue weighted by molar-refractivity contribution is -0.250. The van der Waals surface area contributed by atoms with Crippen molar-refractivity contribution < 1.29 is 14.6 Å². The quantitative estimate of drug-likeness (QED) is 0.0989. The number of carbonyl (C=O) groups is 1. The number of hydrogen-bond donors (Lipinski definition) is 1. The molecule has 0 heterocycles. The molecule has 3 heteroatoms. The summed E-state index contributed by atoms with van der Waals surface area (Å²) in [4.78, 5) is 13.2. The molecule has 0 unspecified atom stereocenters. The second-order valence-corrected chi connectivity index (χ2v) is 19.7. The van der Waals surface area contributed by atoms with E-state index >= 15 is 0 Å². The Morgan fingerprint density at radius 2 is 1.43 bits per heavy atom. The monoisotopic (exact) mass is 703 g/mol. The van der Waals surface area contributed by atoms with E-state index in [4.69, 9.17) is 4.74 Å². The van der Waals surface area contributed by atoms with Gasteiger partial charge < -0.3 is 9.84 Å². The average Bonchev–Trinajstić information content (AvgIpc) is 3.48. The zero-order chi connectivity index (χ0) is 36.9. The first-order valence-electron chi connectivity index (χ1n) is 21.7. The maximum atomic E-state index is 13.2. The second-order valence-electron chi connectivity index (χ2n) is 19.7. The van der Waals surface area contributed by atoms with Crippen LogP contribution in [-0.4, -0.2) is 23.8 Å². The summed E-state index contributed by atoms with van der Waals surface area (Å²) in [6, 6.07) is 0. The number of rotatable bonds is 16. The predicted molar refractivity (Wildman–Crippen MR) is 215 cm³/mol. The Morgan fingerprint density at radius 1 is 0.745 bits per heavy atom. The molecule has 5 saturated carbocycles. The maximum absolute atomic E-state index is 13.2. The predicted octanol–water partition coefficient (Wildman–Crippen LogP) is 13.1. The molecule has 0 aliphatic heterocycles. The number of carbonyl (C=O) groups excluding carboxylic acids is 1. The second kappa shape index (κ2) is 16.8. The van der Waals surface area contributed by atoms with Crippen LogP contribution in [0.15, 0.2) is 48.6 Å². The standard InChI is InChI=1S/C48H78O3/c1-9-10-11-12-13-14-15-16-17-18-19-20-21-22-23-24-42(50)51-35-48-32-27-37(36(2)3)43(48)38-25-26-40-45(6)30-29-41(49)44(4,5)39(45)28-31-47(40,8)46(38,7)33-34-48/h10-11,13-14,16-17,37-41,43,49H,2,9,12,15,18-35H2,1,3-8H3/t37-,38+,39-,40+,41-,43+,45-,46+,47+,48+/m0/s1. The summed E-state index contributed by atoms with van der Waals surface area (Å²) in [5, 5.41) is 11.1. The van der Waals surface area contributed by atoms with Crippen molar-refractivity contribution in [2.24, 2.45) is 56.7 Å². The van der Waals surface area contributed by atoms with E-state index in [1.54, 1.807) is 0 Å². The number of fused-ring (bicyclic) bond motifs is 7. The third-order valence-corrected chi connectivity index (χ3v) is 16.8. The zero-order valence-electron chi connectivity index (χ0n) is 34.2. The van der Waals surface area contributed by atoms with Crippen LogP contribution in [-0.2, 0) is 9.53 Å². The average molecular weight is 703 g/mol. The van der Waals surface area contributed by atoms with Crippen LogP contribution in [0.25, 0.3) is 0 Å². The number of aliphatic hydroxyl groups is 1. The van der Waals surface area contributed by atoms with E-state index in [0.29, 0.717) is 58.9 Å². The van der Waals surface area contributed by atoms with Gasteiger partial charge in [-0.25, -0.2) is 0 Å². The fourth-order valence-corrected chi connectivity index (χ4v) is 13.7. The van der Waals surface area contributed by atoms with Crippen LogP contribution in [0.5, 0.6) is 0 Å². The smallest absolute Gasteiger partial charge is 0.305 e. The number of esters is 1. The van der Waals surface area contributed by atoms with Crippen molar-refractivity contribution in [2.75, 3.05) is 6.61 Å². The molecule has 5 rings (SSSR count). The molecule has 0 amide bonds. The van der Waals surface area contributed by atoms with Gasteiger partial charge in [-0.1, -0.05) is 109 Å². The van der Waals surface area contributed by atoms with Gasteiger partial charge in [-0.05, 0) is 161 Å². The number of unbranched alkanes of at least 4 members (excludes halogenated alkanes) is 5. The van der Waals surface area contributed by atoms with Gasteiger partial charge in [0.1, 0.15) is 0 Å². The van der Waals surface area contributed by atoms with Crippen LogP contribution in [0.1, 0.15) is 177 Å². The third kappa shape index (κ3) is 7.96. The van der Waals surface area contributed by atoms with Crippen LogP contribution < -0.4 is 0 Å². The molecule has 288 valence electrons. The van der Waals surface area contributed by atoms with Gasteiger partial charge in [0.05, 0.1) is 12.7 Å². The van der Waals surface area contributed by atoms with Crippen LogP contribution in [0, 0.1) is 56.7 Å². The topological polar surface area (TPSA) is 46.5 Å². The first-order valence-corrected chi connectivity index (χ1v) is 21.7. The lowest BCUT2D eigenvalue weighted by Crippen LogP contribution is -2.66. The molecule has 5 aliphatic carbocycles. The molecule has 0 spiro atoms. The van der Waals surface area contributed by atoms with Crippen molar-refractivity contribution >= 4 is 5.97 Å². The Morgan fingerprint density at radius 3 is 2.16 bits per heavy atom. The highest BCUT2D eigenvalue weighted by Crippen LogP contribution is 2.77. The SMILES string of the molecule is C=C(C)[C@@H]1CC[C@]2(COC(=O)CCCCCCCC=CCC=CCC=CCC)CC[C@]3(C)[C@H](CC[C@@H]4[C@@]5(C)CC[C@H](O)C(C)(C)[C@@H]5CC[C@]43C)[C@@H]12. The molecule has 3 nitrogen and oxygen atoms in total. The van der Waals surface area contributed by atoms with Gasteiger partial charge in [-0.3, -0.25) is 4.79 Å². The molecule has 0 aromatic rings. The van der Waals surface area contributed by atoms with E-state index in [1.165, 1.54) is 82.6 Å². The number of aliphatic hydroxyl groups excluding tert-OH is 1. The van der Waals surface area contributed by atoms with E-state index < -0.39 is 0 Å². The third-order valence-electron chi connectivity index (χ3n) is 16.8. The zero-order valence-corrected chi connectivity index (χ0v) is 34.2. The largest absolute Gasteiger partial charge is 0.465 e. The van der Waals surface area contributed by atoms with Gasteiger partial charge in [0.2, 0.25) is 0 Å². The molecular weight excluding hydrogens is 625 g/mol. The Hall–Kier alpha value is -1.61. The Labute approximate surface area is 314 Å². The van der Waals surface area contributed by atoms with Crippen LogP contribution in [0.2, 0.25) is 0 Å². The van der Waals surface area contributed by atoms with Crippen LogP contribution in [0.4, 0.5) is 0 Å². The van der Waals surface area contributed by atoms with E-state index in [2.05, 4.69) is 91.5 Å². The Kier molecular flexibility index (Phi) is 13.4. The fraction of sp³-hybridized carbons (Fsp3) is 0.812. The summed E-state index contributed by atoms with van der Waals surface area (Å²) in [6.07, 6.45) is 36.2. The molecule has 0 aromatic carbocycles. The first-order chi connectivity index (χ1) is 24.3. The van der Waals surface area contributed by atoms with Crippen molar-refractivity contribution in [3.8, 4) is 0 Å². The summed E-state index contributed by atoms with van der Waals surface area (Å²) in [6.45, 7) is 22.4. The number of hydrogen-bond acceptors (Lipinski definition) is 3. The summed E-state index contributed by atoms with van der Waals surface area (Å²) in [5.41, 5.74) is 2.36. The van der Waals surface area contributed by atoms with Gasteiger partial charge in [0.15, 0.2) is 0 Å². The molecule has 10 atom stereocenters. The van der Waals surface area contributed by atoms with E-state index in [1.807, 2.05) is 0 Å². The lowest BCUT2D eigenvalue weighted by atomic mass is 9.32. The summed E-state index contributed by atoms with van der Waals surface area (Å²) in [5.74, 6) is 3.12. The molecular formula is C48H78O3. The van der Waals surface area contributed by atoms with E-state index in [9.17, 15) is 9.90 Å².